The molecular weight excluding hydrogens is 358 g/mol. The van der Waals surface area contributed by atoms with E-state index >= 15 is 0 Å². The van der Waals surface area contributed by atoms with Gasteiger partial charge in [0.15, 0.2) is 28.6 Å². The standard InChI is InChI=1S/C18H16ClN3O2S/c1-22-17(16-10-23-14-7-2-3-8-15(14)24-16)20-21-18(22)25-11-12-5-4-6-13(19)9-12/h2-9,16H,10-11H2,1H3. The first-order chi connectivity index (χ1) is 12.2. The summed E-state index contributed by atoms with van der Waals surface area (Å²) in [7, 11) is 1.94. The molecule has 5 nitrogen and oxygen atoms in total. The van der Waals surface area contributed by atoms with Gasteiger partial charge in [0.2, 0.25) is 0 Å². The maximum absolute atomic E-state index is 6.03. The van der Waals surface area contributed by atoms with Gasteiger partial charge in [-0.25, -0.2) is 0 Å². The van der Waals surface area contributed by atoms with Gasteiger partial charge in [-0.1, -0.05) is 47.6 Å². The number of hydrogen-bond donors (Lipinski definition) is 0. The lowest BCUT2D eigenvalue weighted by Gasteiger charge is -2.25. The largest absolute Gasteiger partial charge is 0.485 e. The van der Waals surface area contributed by atoms with Crippen LogP contribution in [0, 0.1) is 0 Å². The van der Waals surface area contributed by atoms with Crippen molar-refractivity contribution in [1.29, 1.82) is 0 Å². The Bertz CT molecular complexity index is 900. The molecule has 0 spiro atoms. The highest BCUT2D eigenvalue weighted by molar-refractivity contribution is 7.98. The molecule has 3 aromatic rings. The zero-order valence-corrected chi connectivity index (χ0v) is 15.1. The number of fused-ring (bicyclic) bond motifs is 1. The first-order valence-electron chi connectivity index (χ1n) is 7.86. The maximum Gasteiger partial charge on any atom is 0.192 e. The van der Waals surface area contributed by atoms with Crippen molar-refractivity contribution in [1.82, 2.24) is 14.8 Å². The SMILES string of the molecule is Cn1c(SCc2cccc(Cl)c2)nnc1C1COc2ccccc2O1. The molecule has 0 N–H and O–H groups in total. The number of ether oxygens (including phenoxy) is 2. The molecule has 25 heavy (non-hydrogen) atoms. The van der Waals surface area contributed by atoms with E-state index in [1.807, 2.05) is 60.1 Å². The summed E-state index contributed by atoms with van der Waals surface area (Å²) in [5.41, 5.74) is 1.15. The summed E-state index contributed by atoms with van der Waals surface area (Å²) in [6, 6.07) is 15.5. The lowest BCUT2D eigenvalue weighted by molar-refractivity contribution is 0.0825. The average Bonchev–Trinajstić information content (AvgIpc) is 3.00. The van der Waals surface area contributed by atoms with E-state index < -0.39 is 0 Å². The molecule has 2 heterocycles. The summed E-state index contributed by atoms with van der Waals surface area (Å²) in [5, 5.41) is 10.2. The summed E-state index contributed by atoms with van der Waals surface area (Å²) in [4.78, 5) is 0. The van der Waals surface area contributed by atoms with E-state index in [9.17, 15) is 0 Å². The zero-order valence-electron chi connectivity index (χ0n) is 13.6. The van der Waals surface area contributed by atoms with Gasteiger partial charge in [0.1, 0.15) is 6.61 Å². The minimum absolute atomic E-state index is 0.270. The van der Waals surface area contributed by atoms with E-state index in [4.69, 9.17) is 21.1 Å². The van der Waals surface area contributed by atoms with Crippen molar-refractivity contribution in [2.45, 2.75) is 17.0 Å². The number of benzene rings is 2. The van der Waals surface area contributed by atoms with Gasteiger partial charge >= 0.3 is 0 Å². The van der Waals surface area contributed by atoms with Crippen LogP contribution in [0.3, 0.4) is 0 Å². The summed E-state index contributed by atoms with van der Waals surface area (Å²) >= 11 is 7.65. The first kappa shape index (κ1) is 16.3. The van der Waals surface area contributed by atoms with Crippen LogP contribution in [0.2, 0.25) is 5.02 Å². The van der Waals surface area contributed by atoms with E-state index in [0.29, 0.717) is 6.61 Å². The van der Waals surface area contributed by atoms with Gasteiger partial charge in [-0.05, 0) is 29.8 Å². The first-order valence-corrected chi connectivity index (χ1v) is 9.22. The van der Waals surface area contributed by atoms with Gasteiger partial charge < -0.3 is 14.0 Å². The fourth-order valence-electron chi connectivity index (χ4n) is 2.65. The van der Waals surface area contributed by atoms with E-state index in [1.165, 1.54) is 0 Å². The van der Waals surface area contributed by atoms with Crippen LogP contribution in [0.5, 0.6) is 11.5 Å². The highest BCUT2D eigenvalue weighted by atomic mass is 35.5. The van der Waals surface area contributed by atoms with Crippen molar-refractivity contribution in [3.05, 3.63) is 64.9 Å². The molecule has 1 unspecified atom stereocenters. The molecule has 0 saturated carbocycles. The number of para-hydroxylation sites is 2. The van der Waals surface area contributed by atoms with E-state index in [2.05, 4.69) is 10.2 Å². The number of thioether (sulfide) groups is 1. The third-order valence-corrected chi connectivity index (χ3v) is 5.25. The van der Waals surface area contributed by atoms with Gasteiger partial charge in [0.05, 0.1) is 0 Å². The minimum Gasteiger partial charge on any atom is -0.485 e. The van der Waals surface area contributed by atoms with Crippen LogP contribution in [-0.2, 0) is 12.8 Å². The molecule has 0 bridgehead atoms. The monoisotopic (exact) mass is 373 g/mol. The summed E-state index contributed by atoms with van der Waals surface area (Å²) in [6.45, 7) is 0.419. The third kappa shape index (κ3) is 3.45. The molecule has 1 aliphatic rings. The molecule has 2 aromatic carbocycles. The molecule has 0 amide bonds. The van der Waals surface area contributed by atoms with Crippen LogP contribution < -0.4 is 9.47 Å². The molecule has 1 aromatic heterocycles. The van der Waals surface area contributed by atoms with Crippen molar-refractivity contribution >= 4 is 23.4 Å². The van der Waals surface area contributed by atoms with Crippen molar-refractivity contribution in [3.8, 4) is 11.5 Å². The number of halogens is 1. The Balaban J connectivity index is 1.48. The summed E-state index contributed by atoms with van der Waals surface area (Å²) in [5.74, 6) is 3.02. The van der Waals surface area contributed by atoms with Crippen LogP contribution in [0.25, 0.3) is 0 Å². The second-order valence-corrected chi connectivity index (χ2v) is 7.06. The van der Waals surface area contributed by atoms with E-state index in [1.54, 1.807) is 11.8 Å². The van der Waals surface area contributed by atoms with Crippen LogP contribution in [-0.4, -0.2) is 21.4 Å². The second-order valence-electron chi connectivity index (χ2n) is 5.68. The Hall–Kier alpha value is -2.18. The molecule has 128 valence electrons. The van der Waals surface area contributed by atoms with Gasteiger partial charge in [0.25, 0.3) is 0 Å². The quantitative estimate of drug-likeness (QED) is 0.639. The Morgan fingerprint density at radius 1 is 1.16 bits per heavy atom. The Labute approximate surface area is 154 Å². The Morgan fingerprint density at radius 3 is 2.84 bits per heavy atom. The molecule has 0 aliphatic carbocycles. The number of rotatable bonds is 4. The molecule has 0 saturated heterocycles. The molecule has 0 radical (unpaired) electrons. The van der Waals surface area contributed by atoms with Crippen molar-refractivity contribution in [2.75, 3.05) is 6.61 Å². The highest BCUT2D eigenvalue weighted by Gasteiger charge is 2.27. The molecule has 4 rings (SSSR count). The van der Waals surface area contributed by atoms with Gasteiger partial charge in [-0.3, -0.25) is 0 Å². The molecular formula is C18H16ClN3O2S. The van der Waals surface area contributed by atoms with Crippen LogP contribution in [0.4, 0.5) is 0 Å². The van der Waals surface area contributed by atoms with E-state index in [-0.39, 0.29) is 6.10 Å². The topological polar surface area (TPSA) is 49.2 Å². The fourth-order valence-corrected chi connectivity index (χ4v) is 3.73. The van der Waals surface area contributed by atoms with Gasteiger partial charge in [0, 0.05) is 17.8 Å². The fraction of sp³-hybridized carbons (Fsp3) is 0.222. The summed E-state index contributed by atoms with van der Waals surface area (Å²) in [6.07, 6.45) is -0.270. The van der Waals surface area contributed by atoms with Crippen molar-refractivity contribution in [2.24, 2.45) is 7.05 Å². The van der Waals surface area contributed by atoms with E-state index in [0.717, 1.165) is 38.8 Å². The van der Waals surface area contributed by atoms with Crippen LogP contribution >= 0.6 is 23.4 Å². The predicted molar refractivity (Wildman–Crippen MR) is 97.3 cm³/mol. The van der Waals surface area contributed by atoms with Gasteiger partial charge in [-0.2, -0.15) is 0 Å². The lowest BCUT2D eigenvalue weighted by atomic mass is 10.2. The number of hydrogen-bond acceptors (Lipinski definition) is 5. The smallest absolute Gasteiger partial charge is 0.192 e. The van der Waals surface area contributed by atoms with Crippen LogP contribution in [0.1, 0.15) is 17.5 Å². The third-order valence-electron chi connectivity index (χ3n) is 3.92. The van der Waals surface area contributed by atoms with Crippen molar-refractivity contribution in [3.63, 3.8) is 0 Å². The second kappa shape index (κ2) is 6.98. The molecule has 1 aliphatic heterocycles. The Kier molecular flexibility index (Phi) is 4.55. The van der Waals surface area contributed by atoms with Crippen molar-refractivity contribution < 1.29 is 9.47 Å². The average molecular weight is 374 g/mol. The summed E-state index contributed by atoms with van der Waals surface area (Å²) < 4.78 is 13.7. The zero-order chi connectivity index (χ0) is 17.2. The lowest BCUT2D eigenvalue weighted by Crippen LogP contribution is -2.24. The predicted octanol–water partition coefficient (Wildman–Crippen LogP) is 4.27. The molecule has 1 atom stereocenters. The normalized spacial score (nSPS) is 16.0. The molecule has 0 fully saturated rings. The number of nitrogens with zero attached hydrogens (tertiary/aromatic N) is 3. The molecule has 7 heteroatoms. The highest BCUT2D eigenvalue weighted by Crippen LogP contribution is 2.36. The Morgan fingerprint density at radius 2 is 2.00 bits per heavy atom. The number of aromatic nitrogens is 3. The van der Waals surface area contributed by atoms with Gasteiger partial charge in [-0.15, -0.1) is 10.2 Å². The maximum atomic E-state index is 6.03. The van der Waals surface area contributed by atoms with Crippen LogP contribution in [0.15, 0.2) is 53.7 Å². The minimum atomic E-state index is -0.270.